The molecule has 0 amide bonds. The standard InChI is InChI=1S/C5H7S/c1-6-5-3-2-4-5/h3-4H,2H2,1H3. The van der Waals surface area contributed by atoms with E-state index in [0.29, 0.717) is 0 Å². The highest BCUT2D eigenvalue weighted by molar-refractivity contribution is 8.02. The monoisotopic (exact) mass is 99.0 g/mol. The van der Waals surface area contributed by atoms with Gasteiger partial charge in [-0.2, -0.15) is 0 Å². The van der Waals surface area contributed by atoms with Gasteiger partial charge in [0, 0.05) is 6.42 Å². The number of hydrogen-bond donors (Lipinski definition) is 0. The molecule has 0 nitrogen and oxygen atoms in total. The van der Waals surface area contributed by atoms with E-state index >= 15 is 0 Å². The lowest BCUT2D eigenvalue weighted by Crippen LogP contribution is -1.87. The highest BCUT2D eigenvalue weighted by atomic mass is 32.2. The zero-order valence-corrected chi connectivity index (χ0v) is 4.59. The first-order valence-corrected chi connectivity index (χ1v) is 3.23. The summed E-state index contributed by atoms with van der Waals surface area (Å²) in [6, 6.07) is 0. The van der Waals surface area contributed by atoms with E-state index in [1.807, 2.05) is 11.8 Å². The molecule has 0 saturated heterocycles. The minimum absolute atomic E-state index is 1.19. The predicted molar refractivity (Wildman–Crippen MR) is 30.5 cm³/mol. The van der Waals surface area contributed by atoms with Crippen LogP contribution in [-0.2, 0) is 0 Å². The maximum absolute atomic E-state index is 2.23. The predicted octanol–water partition coefficient (Wildman–Crippen LogP) is 1.84. The largest absolute Gasteiger partial charge is 0.134 e. The molecule has 33 valence electrons. The first-order valence-electron chi connectivity index (χ1n) is 2.01. The second-order valence-corrected chi connectivity index (χ2v) is 2.13. The van der Waals surface area contributed by atoms with Gasteiger partial charge in [-0.25, -0.2) is 0 Å². The van der Waals surface area contributed by atoms with E-state index in [1.165, 1.54) is 11.3 Å². The van der Waals surface area contributed by atoms with Gasteiger partial charge in [-0.3, -0.25) is 0 Å². The summed E-state index contributed by atoms with van der Waals surface area (Å²) >= 11 is 1.82. The van der Waals surface area contributed by atoms with Crippen LogP contribution in [-0.4, -0.2) is 6.26 Å². The van der Waals surface area contributed by atoms with Crippen LogP contribution in [0, 0.1) is 6.42 Å². The van der Waals surface area contributed by atoms with E-state index in [9.17, 15) is 0 Å². The molecule has 0 atom stereocenters. The topological polar surface area (TPSA) is 0 Å². The van der Waals surface area contributed by atoms with Crippen molar-refractivity contribution in [1.82, 2.24) is 0 Å². The SMILES string of the molecule is CSC1=CC[CH]1. The zero-order valence-electron chi connectivity index (χ0n) is 3.77. The third-order valence-corrected chi connectivity index (χ3v) is 1.68. The molecule has 1 rings (SSSR count). The highest BCUT2D eigenvalue weighted by Crippen LogP contribution is 2.25. The molecule has 6 heavy (non-hydrogen) atoms. The minimum Gasteiger partial charge on any atom is -0.134 e. The third kappa shape index (κ3) is 0.597. The number of allylic oxidation sites excluding steroid dienone is 2. The van der Waals surface area contributed by atoms with E-state index < -0.39 is 0 Å². The Kier molecular flexibility index (Phi) is 1.20. The Labute approximate surface area is 42.6 Å². The maximum Gasteiger partial charge on any atom is 0.000644 e. The van der Waals surface area contributed by atoms with Gasteiger partial charge in [0.05, 0.1) is 0 Å². The quantitative estimate of drug-likeness (QED) is 0.483. The molecule has 1 aliphatic carbocycles. The van der Waals surface area contributed by atoms with Crippen LogP contribution in [0.5, 0.6) is 0 Å². The minimum atomic E-state index is 1.19. The van der Waals surface area contributed by atoms with Gasteiger partial charge < -0.3 is 0 Å². The van der Waals surface area contributed by atoms with Crippen molar-refractivity contribution in [2.45, 2.75) is 6.42 Å². The molecular weight excluding hydrogens is 92.1 g/mol. The molecule has 0 aromatic rings. The second-order valence-electron chi connectivity index (χ2n) is 1.25. The van der Waals surface area contributed by atoms with Gasteiger partial charge >= 0.3 is 0 Å². The molecule has 0 N–H and O–H groups in total. The van der Waals surface area contributed by atoms with Gasteiger partial charge in [0.2, 0.25) is 0 Å². The van der Waals surface area contributed by atoms with Crippen LogP contribution < -0.4 is 0 Å². The van der Waals surface area contributed by atoms with Crippen molar-refractivity contribution in [3.05, 3.63) is 17.4 Å². The van der Waals surface area contributed by atoms with E-state index in [-0.39, 0.29) is 0 Å². The van der Waals surface area contributed by atoms with Crippen molar-refractivity contribution in [2.24, 2.45) is 0 Å². The summed E-state index contributed by atoms with van der Waals surface area (Å²) in [5, 5.41) is 0. The van der Waals surface area contributed by atoms with Crippen LogP contribution in [0.2, 0.25) is 0 Å². The summed E-state index contributed by atoms with van der Waals surface area (Å²) in [5.41, 5.74) is 0. The fourth-order valence-corrected chi connectivity index (χ4v) is 0.907. The fraction of sp³-hybridized carbons (Fsp3) is 0.400. The van der Waals surface area contributed by atoms with Crippen molar-refractivity contribution in [1.29, 1.82) is 0 Å². The van der Waals surface area contributed by atoms with Crippen molar-refractivity contribution >= 4 is 11.8 Å². The fourth-order valence-electron chi connectivity index (χ4n) is 0.381. The van der Waals surface area contributed by atoms with E-state index in [4.69, 9.17) is 0 Å². The molecule has 0 bridgehead atoms. The Morgan fingerprint density at radius 3 is 2.50 bits per heavy atom. The van der Waals surface area contributed by atoms with Gasteiger partial charge in [0.15, 0.2) is 0 Å². The normalized spacial score (nSPS) is 19.2. The molecule has 0 aliphatic heterocycles. The first kappa shape index (κ1) is 4.25. The molecule has 0 unspecified atom stereocenters. The molecule has 1 aliphatic rings. The molecular formula is C5H7S. The Bertz CT molecular complexity index is 74.0. The summed E-state index contributed by atoms with van der Waals surface area (Å²) < 4.78 is 0. The number of hydrogen-bond acceptors (Lipinski definition) is 1. The summed E-state index contributed by atoms with van der Waals surface area (Å²) in [6.07, 6.45) is 7.74. The molecule has 0 fully saturated rings. The molecule has 1 radical (unpaired) electrons. The Hall–Kier alpha value is 0.0900. The molecule has 0 aromatic heterocycles. The molecule has 1 heteroatoms. The summed E-state index contributed by atoms with van der Waals surface area (Å²) in [5.74, 6) is 0. The van der Waals surface area contributed by atoms with Crippen LogP contribution in [0.15, 0.2) is 11.0 Å². The van der Waals surface area contributed by atoms with Gasteiger partial charge in [-0.1, -0.05) is 6.08 Å². The van der Waals surface area contributed by atoms with Crippen molar-refractivity contribution in [3.63, 3.8) is 0 Å². The molecule has 0 heterocycles. The van der Waals surface area contributed by atoms with Crippen molar-refractivity contribution < 1.29 is 0 Å². The Balaban J connectivity index is 2.32. The van der Waals surface area contributed by atoms with Crippen LogP contribution in [0.25, 0.3) is 0 Å². The molecule has 0 saturated carbocycles. The average Bonchev–Trinajstić information content (AvgIpc) is 1.31. The second kappa shape index (κ2) is 1.69. The Morgan fingerprint density at radius 1 is 1.83 bits per heavy atom. The lowest BCUT2D eigenvalue weighted by Gasteiger charge is -2.08. The van der Waals surface area contributed by atoms with Gasteiger partial charge in [0.1, 0.15) is 0 Å². The first-order chi connectivity index (χ1) is 2.93. The van der Waals surface area contributed by atoms with E-state index in [2.05, 4.69) is 18.8 Å². The summed E-state index contributed by atoms with van der Waals surface area (Å²) in [6.45, 7) is 0. The summed E-state index contributed by atoms with van der Waals surface area (Å²) in [4.78, 5) is 1.44. The van der Waals surface area contributed by atoms with E-state index in [0.717, 1.165) is 0 Å². The number of thioether (sulfide) groups is 1. The lowest BCUT2D eigenvalue weighted by molar-refractivity contribution is 1.17. The van der Waals surface area contributed by atoms with Crippen LogP contribution in [0.4, 0.5) is 0 Å². The smallest absolute Gasteiger partial charge is 0.000644 e. The van der Waals surface area contributed by atoms with Gasteiger partial charge in [-0.15, -0.1) is 11.8 Å². The van der Waals surface area contributed by atoms with Crippen LogP contribution in [0.3, 0.4) is 0 Å². The van der Waals surface area contributed by atoms with Gasteiger partial charge in [0.25, 0.3) is 0 Å². The van der Waals surface area contributed by atoms with Gasteiger partial charge in [-0.05, 0) is 17.6 Å². The third-order valence-electron chi connectivity index (χ3n) is 0.874. The van der Waals surface area contributed by atoms with Crippen molar-refractivity contribution in [3.8, 4) is 0 Å². The van der Waals surface area contributed by atoms with E-state index in [1.54, 1.807) is 0 Å². The van der Waals surface area contributed by atoms with Crippen LogP contribution in [0.1, 0.15) is 6.42 Å². The molecule has 0 spiro atoms. The number of rotatable bonds is 1. The highest BCUT2D eigenvalue weighted by Gasteiger charge is 2.01. The molecule has 0 aromatic carbocycles. The van der Waals surface area contributed by atoms with Crippen LogP contribution >= 0.6 is 11.8 Å². The lowest BCUT2D eigenvalue weighted by atomic mass is 10.1. The Morgan fingerprint density at radius 2 is 2.50 bits per heavy atom. The summed E-state index contributed by atoms with van der Waals surface area (Å²) in [7, 11) is 0. The zero-order chi connectivity index (χ0) is 4.41. The maximum atomic E-state index is 2.23. The average molecular weight is 99.2 g/mol. The van der Waals surface area contributed by atoms with Crippen molar-refractivity contribution in [2.75, 3.05) is 6.26 Å².